The maximum absolute atomic E-state index is 10.9. The number of methoxy groups -OCH3 is 1. The van der Waals surface area contributed by atoms with Crippen molar-refractivity contribution in [1.82, 2.24) is 14.8 Å². The maximum Gasteiger partial charge on any atom is 0.337 e. The van der Waals surface area contributed by atoms with Crippen LogP contribution >= 0.6 is 0 Å². The van der Waals surface area contributed by atoms with Gasteiger partial charge in [-0.05, 0) is 12.1 Å². The highest BCUT2D eigenvalue weighted by Crippen LogP contribution is 2.19. The third-order valence-corrected chi connectivity index (χ3v) is 2.50. The van der Waals surface area contributed by atoms with Gasteiger partial charge < -0.3 is 9.84 Å². The second-order valence-corrected chi connectivity index (χ2v) is 3.70. The van der Waals surface area contributed by atoms with Gasteiger partial charge in [0.1, 0.15) is 0 Å². The van der Waals surface area contributed by atoms with Crippen molar-refractivity contribution >= 4 is 5.97 Å². The van der Waals surface area contributed by atoms with E-state index in [-0.39, 0.29) is 5.56 Å². The molecule has 94 valence electrons. The normalized spacial score (nSPS) is 10.5. The molecule has 18 heavy (non-hydrogen) atoms. The third-order valence-electron chi connectivity index (χ3n) is 2.50. The van der Waals surface area contributed by atoms with Gasteiger partial charge in [0, 0.05) is 31.3 Å². The van der Waals surface area contributed by atoms with Crippen molar-refractivity contribution in [2.75, 3.05) is 13.7 Å². The predicted octanol–water partition coefficient (Wildman–Crippen LogP) is 1.29. The molecule has 0 aromatic carbocycles. The van der Waals surface area contributed by atoms with Gasteiger partial charge in [0.25, 0.3) is 0 Å². The van der Waals surface area contributed by atoms with Crippen molar-refractivity contribution in [3.05, 3.63) is 36.3 Å². The van der Waals surface area contributed by atoms with Gasteiger partial charge in [-0.1, -0.05) is 0 Å². The Balaban J connectivity index is 2.33. The van der Waals surface area contributed by atoms with Gasteiger partial charge >= 0.3 is 5.97 Å². The second kappa shape index (κ2) is 5.42. The largest absolute Gasteiger partial charge is 0.478 e. The number of rotatable bonds is 5. The first-order valence-corrected chi connectivity index (χ1v) is 5.42. The maximum atomic E-state index is 10.9. The highest BCUT2D eigenvalue weighted by Gasteiger charge is 2.09. The summed E-state index contributed by atoms with van der Waals surface area (Å²) in [5.41, 5.74) is 1.71. The predicted molar refractivity (Wildman–Crippen MR) is 64.3 cm³/mol. The Morgan fingerprint density at radius 3 is 3.06 bits per heavy atom. The number of carboxylic acids is 1. The van der Waals surface area contributed by atoms with Crippen LogP contribution in [0.15, 0.2) is 30.7 Å². The minimum atomic E-state index is -0.993. The molecule has 0 saturated carbocycles. The monoisotopic (exact) mass is 247 g/mol. The number of carboxylic acid groups (broad SMARTS) is 1. The van der Waals surface area contributed by atoms with E-state index in [9.17, 15) is 4.79 Å². The Kier molecular flexibility index (Phi) is 3.69. The third kappa shape index (κ3) is 2.54. The molecule has 0 aliphatic carbocycles. The van der Waals surface area contributed by atoms with E-state index in [4.69, 9.17) is 9.84 Å². The van der Waals surface area contributed by atoms with Crippen molar-refractivity contribution in [2.24, 2.45) is 0 Å². The number of nitrogens with zero attached hydrogens (tertiary/aromatic N) is 3. The lowest BCUT2D eigenvalue weighted by atomic mass is 10.1. The summed E-state index contributed by atoms with van der Waals surface area (Å²) in [6, 6.07) is 3.40. The molecule has 2 rings (SSSR count). The highest BCUT2D eigenvalue weighted by atomic mass is 16.5. The van der Waals surface area contributed by atoms with Crippen LogP contribution in [0.4, 0.5) is 0 Å². The standard InChI is InChI=1S/C12H13N3O3/c1-18-5-4-15-11(2-3-14-15)9-6-10(12(16)17)8-13-7-9/h2-3,6-8H,4-5H2,1H3,(H,16,17). The molecular formula is C12H13N3O3. The van der Waals surface area contributed by atoms with E-state index in [1.54, 1.807) is 30.3 Å². The summed E-state index contributed by atoms with van der Waals surface area (Å²) in [5.74, 6) is -0.993. The number of carbonyl (C=O) groups is 1. The average molecular weight is 247 g/mol. The van der Waals surface area contributed by atoms with E-state index in [2.05, 4.69) is 10.1 Å². The highest BCUT2D eigenvalue weighted by molar-refractivity contribution is 5.88. The van der Waals surface area contributed by atoms with E-state index in [0.29, 0.717) is 13.2 Å². The molecule has 2 aromatic heterocycles. The van der Waals surface area contributed by atoms with Crippen molar-refractivity contribution in [3.63, 3.8) is 0 Å². The molecule has 0 atom stereocenters. The van der Waals surface area contributed by atoms with Crippen LogP contribution in [0.2, 0.25) is 0 Å². The fourth-order valence-corrected chi connectivity index (χ4v) is 1.63. The summed E-state index contributed by atoms with van der Waals surface area (Å²) >= 11 is 0. The topological polar surface area (TPSA) is 77.2 Å². The number of ether oxygens (including phenoxy) is 1. The molecule has 0 spiro atoms. The van der Waals surface area contributed by atoms with Gasteiger partial charge in [0.15, 0.2) is 0 Å². The van der Waals surface area contributed by atoms with Crippen molar-refractivity contribution < 1.29 is 14.6 Å². The Morgan fingerprint density at radius 2 is 2.33 bits per heavy atom. The fraction of sp³-hybridized carbons (Fsp3) is 0.250. The van der Waals surface area contributed by atoms with Gasteiger partial charge in [-0.2, -0.15) is 5.10 Å². The van der Waals surface area contributed by atoms with Crippen molar-refractivity contribution in [1.29, 1.82) is 0 Å². The second-order valence-electron chi connectivity index (χ2n) is 3.70. The van der Waals surface area contributed by atoms with Crippen LogP contribution in [0.3, 0.4) is 0 Å². The van der Waals surface area contributed by atoms with Crippen LogP contribution in [0.25, 0.3) is 11.3 Å². The molecule has 0 fully saturated rings. The van der Waals surface area contributed by atoms with Gasteiger partial charge in [0.2, 0.25) is 0 Å². The van der Waals surface area contributed by atoms with E-state index in [1.807, 2.05) is 6.07 Å². The van der Waals surface area contributed by atoms with Gasteiger partial charge in [-0.3, -0.25) is 9.67 Å². The number of hydrogen-bond donors (Lipinski definition) is 1. The number of pyridine rings is 1. The SMILES string of the molecule is COCCn1nccc1-c1cncc(C(=O)O)c1. The first-order valence-electron chi connectivity index (χ1n) is 5.42. The van der Waals surface area contributed by atoms with Crippen LogP contribution in [0, 0.1) is 0 Å². The Labute approximate surface area is 104 Å². The van der Waals surface area contributed by atoms with E-state index >= 15 is 0 Å². The molecule has 0 amide bonds. The Hall–Kier alpha value is -2.21. The molecule has 6 heteroatoms. The molecule has 0 radical (unpaired) electrons. The molecule has 2 aromatic rings. The zero-order chi connectivity index (χ0) is 13.0. The van der Waals surface area contributed by atoms with Crippen molar-refractivity contribution in [3.8, 4) is 11.3 Å². The smallest absolute Gasteiger partial charge is 0.337 e. The molecule has 0 aliphatic heterocycles. The summed E-state index contributed by atoms with van der Waals surface area (Å²) in [7, 11) is 1.62. The average Bonchev–Trinajstić information content (AvgIpc) is 2.84. The molecule has 1 N–H and O–H groups in total. The van der Waals surface area contributed by atoms with E-state index < -0.39 is 5.97 Å². The molecule has 6 nitrogen and oxygen atoms in total. The molecule has 0 saturated heterocycles. The summed E-state index contributed by atoms with van der Waals surface area (Å²) in [6.07, 6.45) is 4.60. The quantitative estimate of drug-likeness (QED) is 0.861. The van der Waals surface area contributed by atoms with Gasteiger partial charge in [-0.25, -0.2) is 4.79 Å². The van der Waals surface area contributed by atoms with Gasteiger partial charge in [0.05, 0.1) is 24.4 Å². The minimum Gasteiger partial charge on any atom is -0.478 e. The van der Waals surface area contributed by atoms with Crippen LogP contribution in [-0.4, -0.2) is 39.6 Å². The van der Waals surface area contributed by atoms with Crippen LogP contribution in [0.5, 0.6) is 0 Å². The molecular weight excluding hydrogens is 234 g/mol. The van der Waals surface area contributed by atoms with E-state index in [1.165, 1.54) is 6.20 Å². The van der Waals surface area contributed by atoms with Crippen LogP contribution < -0.4 is 0 Å². The number of aromatic nitrogens is 3. The Bertz CT molecular complexity index is 551. The fourth-order valence-electron chi connectivity index (χ4n) is 1.63. The van der Waals surface area contributed by atoms with Crippen LogP contribution in [0.1, 0.15) is 10.4 Å². The van der Waals surface area contributed by atoms with Crippen LogP contribution in [-0.2, 0) is 11.3 Å². The molecule has 0 aliphatic rings. The van der Waals surface area contributed by atoms with Gasteiger partial charge in [-0.15, -0.1) is 0 Å². The zero-order valence-corrected chi connectivity index (χ0v) is 9.91. The number of hydrogen-bond acceptors (Lipinski definition) is 4. The summed E-state index contributed by atoms with van der Waals surface area (Å²) < 4.78 is 6.75. The molecule has 2 heterocycles. The first-order chi connectivity index (χ1) is 8.72. The molecule has 0 bridgehead atoms. The van der Waals surface area contributed by atoms with Crippen molar-refractivity contribution in [2.45, 2.75) is 6.54 Å². The lowest BCUT2D eigenvalue weighted by Crippen LogP contribution is -2.07. The summed E-state index contributed by atoms with van der Waals surface area (Å²) in [5, 5.41) is 13.1. The number of aromatic carboxylic acids is 1. The lowest BCUT2D eigenvalue weighted by Gasteiger charge is -2.07. The lowest BCUT2D eigenvalue weighted by molar-refractivity contribution is 0.0696. The summed E-state index contributed by atoms with van der Waals surface area (Å²) in [6.45, 7) is 1.15. The minimum absolute atomic E-state index is 0.159. The zero-order valence-electron chi connectivity index (χ0n) is 9.91. The first kappa shape index (κ1) is 12.3. The van der Waals surface area contributed by atoms with E-state index in [0.717, 1.165) is 11.3 Å². The summed E-state index contributed by atoms with van der Waals surface area (Å²) in [4.78, 5) is 14.8. The Morgan fingerprint density at radius 1 is 1.50 bits per heavy atom. The molecule has 0 unspecified atom stereocenters.